The maximum atomic E-state index is 4.53. The zero-order valence-corrected chi connectivity index (χ0v) is 19.6. The maximum Gasteiger partial charge on any atom is 0.188 e. The molecule has 0 saturated heterocycles. The Labute approximate surface area is 204 Å². The summed E-state index contributed by atoms with van der Waals surface area (Å²) in [6, 6.07) is 35.9. The Hall–Kier alpha value is -3.80. The van der Waals surface area contributed by atoms with Gasteiger partial charge in [-0.05, 0) is 40.8 Å². The van der Waals surface area contributed by atoms with Crippen LogP contribution in [0.4, 0.5) is 10.9 Å². The van der Waals surface area contributed by atoms with E-state index >= 15 is 0 Å². The summed E-state index contributed by atoms with van der Waals surface area (Å²) in [5, 5.41) is 7.95. The molecule has 168 valence electrons. The first-order valence-electron chi connectivity index (χ1n) is 11.4. The Bertz CT molecular complexity index is 1300. The van der Waals surface area contributed by atoms with Crippen molar-refractivity contribution in [3.63, 3.8) is 0 Å². The molecule has 0 fully saturated rings. The fraction of sp³-hybridized carbons (Fsp3) is 0.103. The third-order valence-corrected chi connectivity index (χ3v) is 6.62. The van der Waals surface area contributed by atoms with E-state index in [-0.39, 0.29) is 6.04 Å². The first-order valence-corrected chi connectivity index (χ1v) is 12.2. The van der Waals surface area contributed by atoms with Crippen molar-refractivity contribution in [1.29, 1.82) is 0 Å². The Morgan fingerprint density at radius 2 is 1.44 bits per heavy atom. The number of hydrogen-bond donors (Lipinski definition) is 2. The molecular formula is C29H26N4S. The lowest BCUT2D eigenvalue weighted by atomic mass is 9.98. The molecule has 0 saturated carbocycles. The third-order valence-electron chi connectivity index (χ3n) is 5.66. The van der Waals surface area contributed by atoms with Gasteiger partial charge < -0.3 is 10.6 Å². The minimum absolute atomic E-state index is 0.223. The molecule has 2 aromatic heterocycles. The molecular weight excluding hydrogens is 436 g/mol. The first-order chi connectivity index (χ1) is 16.8. The molecule has 0 aliphatic rings. The van der Waals surface area contributed by atoms with Crippen LogP contribution in [0.5, 0.6) is 0 Å². The van der Waals surface area contributed by atoms with Crippen LogP contribution in [-0.2, 0) is 13.0 Å². The number of nitrogens with one attached hydrogen (secondary N) is 2. The van der Waals surface area contributed by atoms with E-state index in [1.54, 1.807) is 11.3 Å². The van der Waals surface area contributed by atoms with Gasteiger partial charge in [0.1, 0.15) is 5.82 Å². The van der Waals surface area contributed by atoms with E-state index in [0.29, 0.717) is 0 Å². The second-order valence-corrected chi connectivity index (χ2v) is 9.13. The van der Waals surface area contributed by atoms with Gasteiger partial charge in [-0.15, -0.1) is 0 Å². The topological polar surface area (TPSA) is 49.8 Å². The summed E-state index contributed by atoms with van der Waals surface area (Å²) in [7, 11) is 0. The monoisotopic (exact) mass is 462 g/mol. The number of thiazole rings is 1. The number of aromatic nitrogens is 2. The Morgan fingerprint density at radius 1 is 0.735 bits per heavy atom. The van der Waals surface area contributed by atoms with Crippen molar-refractivity contribution >= 4 is 22.3 Å². The Morgan fingerprint density at radius 3 is 2.21 bits per heavy atom. The molecule has 5 rings (SSSR count). The van der Waals surface area contributed by atoms with Crippen molar-refractivity contribution in [3.05, 3.63) is 132 Å². The van der Waals surface area contributed by atoms with E-state index in [4.69, 9.17) is 0 Å². The summed E-state index contributed by atoms with van der Waals surface area (Å²) in [6.07, 6.45) is 4.68. The van der Waals surface area contributed by atoms with Crippen LogP contribution in [0.3, 0.4) is 0 Å². The summed E-state index contributed by atoms with van der Waals surface area (Å²) < 4.78 is 0. The number of nitrogens with zero attached hydrogens (tertiary/aromatic N) is 2. The van der Waals surface area contributed by atoms with Gasteiger partial charge in [0.15, 0.2) is 5.13 Å². The Kier molecular flexibility index (Phi) is 7.04. The van der Waals surface area contributed by atoms with E-state index in [1.807, 2.05) is 30.6 Å². The SMILES string of the molecule is c1ccc(CC(NCc2ccnc(Nc3ncc(-c4ccccc4)s3)c2)c2ccccc2)cc1. The van der Waals surface area contributed by atoms with Crippen LogP contribution < -0.4 is 10.6 Å². The molecule has 0 amide bonds. The fourth-order valence-corrected chi connectivity index (χ4v) is 4.74. The normalized spacial score (nSPS) is 11.8. The summed E-state index contributed by atoms with van der Waals surface area (Å²) in [5.74, 6) is 0.799. The van der Waals surface area contributed by atoms with E-state index < -0.39 is 0 Å². The van der Waals surface area contributed by atoms with Crippen LogP contribution >= 0.6 is 11.3 Å². The molecule has 0 spiro atoms. The van der Waals surface area contributed by atoms with Crippen molar-refractivity contribution in [2.45, 2.75) is 19.0 Å². The molecule has 0 radical (unpaired) electrons. The standard InChI is InChI=1S/C29H26N4S/c1-4-10-22(11-5-1)18-26(24-12-6-2-7-13-24)31-20-23-16-17-30-28(19-23)33-29-32-21-27(34-29)25-14-8-3-9-15-25/h1-17,19,21,26,31H,18,20H2,(H,30,32,33). The quantitative estimate of drug-likeness (QED) is 0.247. The van der Waals surface area contributed by atoms with E-state index in [0.717, 1.165) is 28.8 Å². The molecule has 0 aliphatic heterocycles. The van der Waals surface area contributed by atoms with Gasteiger partial charge in [0.25, 0.3) is 0 Å². The molecule has 1 unspecified atom stereocenters. The van der Waals surface area contributed by atoms with E-state index in [2.05, 4.69) is 106 Å². The van der Waals surface area contributed by atoms with Gasteiger partial charge in [-0.25, -0.2) is 9.97 Å². The van der Waals surface area contributed by atoms with Crippen molar-refractivity contribution in [2.75, 3.05) is 5.32 Å². The summed E-state index contributed by atoms with van der Waals surface area (Å²) >= 11 is 1.63. The van der Waals surface area contributed by atoms with Crippen LogP contribution in [0.1, 0.15) is 22.7 Å². The molecule has 4 nitrogen and oxygen atoms in total. The van der Waals surface area contributed by atoms with Crippen molar-refractivity contribution in [1.82, 2.24) is 15.3 Å². The summed E-state index contributed by atoms with van der Waals surface area (Å²) in [6.45, 7) is 0.747. The maximum absolute atomic E-state index is 4.53. The highest BCUT2D eigenvalue weighted by Crippen LogP contribution is 2.30. The van der Waals surface area contributed by atoms with Crippen molar-refractivity contribution in [3.8, 4) is 10.4 Å². The summed E-state index contributed by atoms with van der Waals surface area (Å²) in [4.78, 5) is 10.2. The van der Waals surface area contributed by atoms with Crippen LogP contribution in [0.2, 0.25) is 0 Å². The molecule has 34 heavy (non-hydrogen) atoms. The predicted octanol–water partition coefficient (Wildman–Crippen LogP) is 7.02. The van der Waals surface area contributed by atoms with Gasteiger partial charge in [-0.1, -0.05) is 102 Å². The smallest absolute Gasteiger partial charge is 0.188 e. The molecule has 0 bridgehead atoms. The average Bonchev–Trinajstić information content (AvgIpc) is 3.37. The molecule has 5 aromatic rings. The summed E-state index contributed by atoms with van der Waals surface area (Å²) in [5.41, 5.74) is 4.95. The highest BCUT2D eigenvalue weighted by molar-refractivity contribution is 7.18. The predicted molar refractivity (Wildman–Crippen MR) is 141 cm³/mol. The zero-order valence-electron chi connectivity index (χ0n) is 18.8. The molecule has 0 aliphatic carbocycles. The molecule has 5 heteroatoms. The van der Waals surface area contributed by atoms with E-state index in [1.165, 1.54) is 22.3 Å². The van der Waals surface area contributed by atoms with Gasteiger partial charge in [0, 0.05) is 25.0 Å². The lowest BCUT2D eigenvalue weighted by molar-refractivity contribution is 0.530. The van der Waals surface area contributed by atoms with Gasteiger partial charge in [0.05, 0.1) is 4.88 Å². The van der Waals surface area contributed by atoms with Crippen molar-refractivity contribution in [2.24, 2.45) is 0 Å². The van der Waals surface area contributed by atoms with E-state index in [9.17, 15) is 0 Å². The molecule has 2 heterocycles. The second kappa shape index (κ2) is 10.9. The largest absolute Gasteiger partial charge is 0.316 e. The number of pyridine rings is 1. The van der Waals surface area contributed by atoms with Crippen LogP contribution in [-0.4, -0.2) is 9.97 Å². The van der Waals surface area contributed by atoms with Gasteiger partial charge in [-0.2, -0.15) is 0 Å². The lowest BCUT2D eigenvalue weighted by Gasteiger charge is -2.20. The number of anilines is 2. The second-order valence-electron chi connectivity index (χ2n) is 8.10. The van der Waals surface area contributed by atoms with Crippen LogP contribution in [0, 0.1) is 0 Å². The number of hydrogen-bond acceptors (Lipinski definition) is 5. The molecule has 3 aromatic carbocycles. The van der Waals surface area contributed by atoms with Gasteiger partial charge in [0.2, 0.25) is 0 Å². The fourth-order valence-electron chi connectivity index (χ4n) is 3.91. The highest BCUT2D eigenvalue weighted by Gasteiger charge is 2.12. The number of rotatable bonds is 9. The van der Waals surface area contributed by atoms with Gasteiger partial charge in [-0.3, -0.25) is 0 Å². The van der Waals surface area contributed by atoms with Crippen LogP contribution in [0.25, 0.3) is 10.4 Å². The zero-order chi connectivity index (χ0) is 23.0. The number of benzene rings is 3. The molecule has 1 atom stereocenters. The Balaban J connectivity index is 1.27. The minimum atomic E-state index is 0.223. The highest BCUT2D eigenvalue weighted by atomic mass is 32.1. The lowest BCUT2D eigenvalue weighted by Crippen LogP contribution is -2.23. The molecule has 2 N–H and O–H groups in total. The minimum Gasteiger partial charge on any atom is -0.316 e. The van der Waals surface area contributed by atoms with Gasteiger partial charge >= 0.3 is 0 Å². The first kappa shape index (κ1) is 22.0. The van der Waals surface area contributed by atoms with Crippen LogP contribution in [0.15, 0.2) is 116 Å². The van der Waals surface area contributed by atoms with Crippen molar-refractivity contribution < 1.29 is 0 Å². The third kappa shape index (κ3) is 5.76. The average molecular weight is 463 g/mol.